The third kappa shape index (κ3) is 17.1. The number of ether oxygens (including phenoxy) is 1. The molecule has 2 heteroatoms. The topological polar surface area (TPSA) is 29.5 Å². The molecule has 0 saturated carbocycles. The van der Waals surface area contributed by atoms with Gasteiger partial charge in [-0.15, -0.1) is 0 Å². The van der Waals surface area contributed by atoms with E-state index in [1.165, 1.54) is 89.9 Å². The number of unbranched alkanes of at least 4 members (excludes halogenated alkanes) is 14. The van der Waals surface area contributed by atoms with Crippen molar-refractivity contribution in [2.24, 2.45) is 0 Å². The van der Waals surface area contributed by atoms with Crippen molar-refractivity contribution in [3.63, 3.8) is 0 Å². The summed E-state index contributed by atoms with van der Waals surface area (Å²) in [6, 6.07) is 0. The van der Waals surface area contributed by atoms with E-state index in [0.29, 0.717) is 6.61 Å². The smallest absolute Gasteiger partial charge is 0.165 e. The van der Waals surface area contributed by atoms with Gasteiger partial charge < -0.3 is 9.84 Å². The maximum atomic E-state index is 10.7. The zero-order chi connectivity index (χ0) is 18.6. The lowest BCUT2D eigenvalue weighted by Gasteiger charge is -2.28. The Morgan fingerprint density at radius 1 is 0.520 bits per heavy atom. The molecule has 1 N–H and O–H groups in total. The second-order valence-corrected chi connectivity index (χ2v) is 7.83. The molecule has 0 amide bonds. The van der Waals surface area contributed by atoms with Crippen molar-refractivity contribution in [1.82, 2.24) is 0 Å². The van der Waals surface area contributed by atoms with Crippen LogP contribution in [0, 0.1) is 0 Å². The minimum Gasteiger partial charge on any atom is -0.365 e. The van der Waals surface area contributed by atoms with Crippen LogP contribution in [0.5, 0.6) is 0 Å². The summed E-state index contributed by atoms with van der Waals surface area (Å²) in [6.45, 7) is 7.14. The predicted molar refractivity (Wildman–Crippen MR) is 111 cm³/mol. The van der Waals surface area contributed by atoms with E-state index < -0.39 is 5.79 Å². The summed E-state index contributed by atoms with van der Waals surface area (Å²) in [6.07, 6.45) is 22.5. The predicted octanol–water partition coefficient (Wildman–Crippen LogP) is 7.77. The van der Waals surface area contributed by atoms with Crippen molar-refractivity contribution < 1.29 is 9.84 Å². The van der Waals surface area contributed by atoms with Crippen LogP contribution in [0.4, 0.5) is 0 Å². The molecule has 0 aliphatic heterocycles. The van der Waals surface area contributed by atoms with Crippen molar-refractivity contribution in [2.75, 3.05) is 6.61 Å². The van der Waals surface area contributed by atoms with Crippen molar-refractivity contribution in [2.45, 2.75) is 142 Å². The number of aliphatic hydroxyl groups is 1. The standard InChI is InChI=1S/C23H48O2/c1-4-7-9-11-13-14-16-18-20-22-23(24,25-6-3)21-19-17-15-12-10-8-5-2/h24H,4-22H2,1-3H3. The SMILES string of the molecule is CCCCCCCCCCCC(O)(CCCCCCCCC)OCC. The van der Waals surface area contributed by atoms with Crippen LogP contribution in [-0.2, 0) is 4.74 Å². The Balaban J connectivity index is 3.65. The molecule has 0 saturated heterocycles. The average Bonchev–Trinajstić information content (AvgIpc) is 2.60. The van der Waals surface area contributed by atoms with Gasteiger partial charge in [-0.3, -0.25) is 0 Å². The molecule has 1 atom stereocenters. The van der Waals surface area contributed by atoms with Gasteiger partial charge in [0.1, 0.15) is 0 Å². The van der Waals surface area contributed by atoms with E-state index in [2.05, 4.69) is 13.8 Å². The van der Waals surface area contributed by atoms with Gasteiger partial charge >= 0.3 is 0 Å². The van der Waals surface area contributed by atoms with Crippen LogP contribution in [0.15, 0.2) is 0 Å². The number of hydrogen-bond donors (Lipinski definition) is 1. The summed E-state index contributed by atoms with van der Waals surface area (Å²) in [4.78, 5) is 0. The maximum Gasteiger partial charge on any atom is 0.165 e. The first-order valence-corrected chi connectivity index (χ1v) is 11.5. The molecule has 25 heavy (non-hydrogen) atoms. The fourth-order valence-corrected chi connectivity index (χ4v) is 3.61. The van der Waals surface area contributed by atoms with Crippen molar-refractivity contribution >= 4 is 0 Å². The molecule has 0 aromatic rings. The van der Waals surface area contributed by atoms with Crippen molar-refractivity contribution in [3.8, 4) is 0 Å². The molecule has 0 bridgehead atoms. The zero-order valence-corrected chi connectivity index (χ0v) is 17.8. The quantitative estimate of drug-likeness (QED) is 0.178. The van der Waals surface area contributed by atoms with E-state index >= 15 is 0 Å². The van der Waals surface area contributed by atoms with E-state index in [0.717, 1.165) is 25.7 Å². The second-order valence-electron chi connectivity index (χ2n) is 7.83. The highest BCUT2D eigenvalue weighted by atomic mass is 16.6. The Morgan fingerprint density at radius 2 is 0.840 bits per heavy atom. The molecule has 0 aliphatic rings. The molecule has 0 radical (unpaired) electrons. The molecule has 0 spiro atoms. The Morgan fingerprint density at radius 3 is 1.16 bits per heavy atom. The zero-order valence-electron chi connectivity index (χ0n) is 17.8. The Labute approximate surface area is 159 Å². The van der Waals surface area contributed by atoms with E-state index in [1.807, 2.05) is 6.92 Å². The van der Waals surface area contributed by atoms with Gasteiger partial charge in [0, 0.05) is 19.4 Å². The number of rotatable bonds is 20. The van der Waals surface area contributed by atoms with Crippen LogP contribution in [0.3, 0.4) is 0 Å². The van der Waals surface area contributed by atoms with Gasteiger partial charge in [0.25, 0.3) is 0 Å². The third-order valence-electron chi connectivity index (χ3n) is 5.25. The van der Waals surface area contributed by atoms with Crippen LogP contribution in [0.2, 0.25) is 0 Å². The fraction of sp³-hybridized carbons (Fsp3) is 1.00. The molecule has 2 nitrogen and oxygen atoms in total. The summed E-state index contributed by atoms with van der Waals surface area (Å²) in [5.74, 6) is -0.862. The largest absolute Gasteiger partial charge is 0.365 e. The molecule has 0 heterocycles. The highest BCUT2D eigenvalue weighted by Gasteiger charge is 2.25. The molecule has 1 unspecified atom stereocenters. The molecule has 152 valence electrons. The molecule has 0 fully saturated rings. The first-order chi connectivity index (χ1) is 12.2. The number of hydrogen-bond acceptors (Lipinski definition) is 2. The van der Waals surface area contributed by atoms with Crippen molar-refractivity contribution in [1.29, 1.82) is 0 Å². The summed E-state index contributed by atoms with van der Waals surface area (Å²) >= 11 is 0. The first-order valence-electron chi connectivity index (χ1n) is 11.5. The minimum atomic E-state index is -0.862. The maximum absolute atomic E-state index is 10.7. The monoisotopic (exact) mass is 356 g/mol. The lowest BCUT2D eigenvalue weighted by molar-refractivity contribution is -0.210. The van der Waals surface area contributed by atoms with Gasteiger partial charge in [0.2, 0.25) is 0 Å². The van der Waals surface area contributed by atoms with Crippen LogP contribution < -0.4 is 0 Å². The molecule has 0 rings (SSSR count). The summed E-state index contributed by atoms with van der Waals surface area (Å²) in [5.41, 5.74) is 0. The molecular weight excluding hydrogens is 308 g/mol. The van der Waals surface area contributed by atoms with Gasteiger partial charge in [-0.2, -0.15) is 0 Å². The molecular formula is C23H48O2. The molecule has 0 aliphatic carbocycles. The van der Waals surface area contributed by atoms with E-state index in [4.69, 9.17) is 4.74 Å². The molecule has 0 aromatic heterocycles. The lowest BCUT2D eigenvalue weighted by Crippen LogP contribution is -2.32. The van der Waals surface area contributed by atoms with E-state index in [1.54, 1.807) is 0 Å². The summed E-state index contributed by atoms with van der Waals surface area (Å²) in [5, 5.41) is 10.7. The first kappa shape index (κ1) is 24.9. The summed E-state index contributed by atoms with van der Waals surface area (Å²) in [7, 11) is 0. The van der Waals surface area contributed by atoms with E-state index in [9.17, 15) is 5.11 Å². The third-order valence-corrected chi connectivity index (χ3v) is 5.25. The minimum absolute atomic E-state index is 0.616. The van der Waals surface area contributed by atoms with Gasteiger partial charge in [-0.25, -0.2) is 0 Å². The Bertz CT molecular complexity index is 254. The van der Waals surface area contributed by atoms with Gasteiger partial charge in [0.05, 0.1) is 0 Å². The highest BCUT2D eigenvalue weighted by molar-refractivity contribution is 4.68. The van der Waals surface area contributed by atoms with Crippen molar-refractivity contribution in [3.05, 3.63) is 0 Å². The Hall–Kier alpha value is -0.0800. The van der Waals surface area contributed by atoms with Gasteiger partial charge in [0.15, 0.2) is 5.79 Å². The van der Waals surface area contributed by atoms with E-state index in [-0.39, 0.29) is 0 Å². The van der Waals surface area contributed by atoms with Crippen LogP contribution in [0.25, 0.3) is 0 Å². The van der Waals surface area contributed by atoms with Crippen LogP contribution in [0.1, 0.15) is 136 Å². The lowest BCUT2D eigenvalue weighted by atomic mass is 9.98. The average molecular weight is 357 g/mol. The summed E-state index contributed by atoms with van der Waals surface area (Å²) < 4.78 is 5.70. The van der Waals surface area contributed by atoms with Gasteiger partial charge in [-0.1, -0.05) is 104 Å². The van der Waals surface area contributed by atoms with Crippen LogP contribution in [-0.4, -0.2) is 17.5 Å². The fourth-order valence-electron chi connectivity index (χ4n) is 3.61. The molecule has 0 aromatic carbocycles. The van der Waals surface area contributed by atoms with Crippen LogP contribution >= 0.6 is 0 Å². The highest BCUT2D eigenvalue weighted by Crippen LogP contribution is 2.25. The second kappa shape index (κ2) is 18.7. The Kier molecular flexibility index (Phi) is 18.6. The van der Waals surface area contributed by atoms with Gasteiger partial charge in [-0.05, 0) is 19.8 Å². The normalized spacial score (nSPS) is 13.9.